The van der Waals surface area contributed by atoms with Crippen LogP contribution in [0.1, 0.15) is 24.0 Å². The summed E-state index contributed by atoms with van der Waals surface area (Å²) in [5.74, 6) is 0. The predicted molar refractivity (Wildman–Crippen MR) is 69.4 cm³/mol. The lowest BCUT2D eigenvalue weighted by Crippen LogP contribution is -2.42. The molecule has 20 heavy (non-hydrogen) atoms. The molecule has 2 saturated heterocycles. The van der Waals surface area contributed by atoms with Crippen LogP contribution in [0.2, 0.25) is 0 Å². The Morgan fingerprint density at radius 3 is 2.40 bits per heavy atom. The maximum absolute atomic E-state index is 12.9. The number of nitrogens with two attached hydrogens (primary N) is 1. The molecule has 3 nitrogen and oxygen atoms in total. The van der Waals surface area contributed by atoms with Crippen LogP contribution in [-0.2, 0) is 17.5 Å². The van der Waals surface area contributed by atoms with Gasteiger partial charge < -0.3 is 15.4 Å². The van der Waals surface area contributed by atoms with Crippen LogP contribution < -0.4 is 10.6 Å². The van der Waals surface area contributed by atoms with Crippen molar-refractivity contribution in [1.82, 2.24) is 0 Å². The predicted octanol–water partition coefficient (Wildman–Crippen LogP) is 2.53. The van der Waals surface area contributed by atoms with E-state index < -0.39 is 11.7 Å². The molecule has 2 aliphatic rings. The summed E-state index contributed by atoms with van der Waals surface area (Å²) in [5, 5.41) is 0. The Hall–Kier alpha value is -1.27. The summed E-state index contributed by atoms with van der Waals surface area (Å²) in [6.07, 6.45) is -1.87. The highest BCUT2D eigenvalue weighted by Crippen LogP contribution is 2.35. The molecule has 6 heteroatoms. The van der Waals surface area contributed by atoms with Crippen LogP contribution in [0.15, 0.2) is 18.2 Å². The molecule has 0 radical (unpaired) electrons. The third-order valence-electron chi connectivity index (χ3n) is 4.02. The van der Waals surface area contributed by atoms with Gasteiger partial charge in [-0.3, -0.25) is 0 Å². The zero-order valence-corrected chi connectivity index (χ0v) is 11.0. The molecule has 1 aromatic carbocycles. The Balaban J connectivity index is 1.88. The van der Waals surface area contributed by atoms with E-state index in [2.05, 4.69) is 4.90 Å². The van der Waals surface area contributed by atoms with Crippen molar-refractivity contribution in [2.45, 2.75) is 37.8 Å². The van der Waals surface area contributed by atoms with Crippen molar-refractivity contribution in [2.24, 2.45) is 5.73 Å². The summed E-state index contributed by atoms with van der Waals surface area (Å²) < 4.78 is 44.3. The smallest absolute Gasteiger partial charge is 0.371 e. The van der Waals surface area contributed by atoms with E-state index in [1.807, 2.05) is 0 Å². The molecular formula is C14H17F3N2O. The second kappa shape index (κ2) is 4.93. The minimum absolute atomic E-state index is 0.111. The second-order valence-electron chi connectivity index (χ2n) is 5.41. The van der Waals surface area contributed by atoms with Crippen LogP contribution in [0.4, 0.5) is 18.9 Å². The number of benzene rings is 1. The maximum Gasteiger partial charge on any atom is 0.416 e. The number of nitrogens with zero attached hydrogens (tertiary/aromatic N) is 1. The Morgan fingerprint density at radius 1 is 1.20 bits per heavy atom. The lowest BCUT2D eigenvalue weighted by Gasteiger charge is -2.34. The average Bonchev–Trinajstić information content (AvgIpc) is 2.75. The van der Waals surface area contributed by atoms with Gasteiger partial charge in [-0.05, 0) is 36.6 Å². The third kappa shape index (κ3) is 2.50. The molecule has 2 aliphatic heterocycles. The highest BCUT2D eigenvalue weighted by Gasteiger charge is 2.36. The van der Waals surface area contributed by atoms with E-state index >= 15 is 0 Å². The number of hydrogen-bond donors (Lipinski definition) is 1. The average molecular weight is 286 g/mol. The van der Waals surface area contributed by atoms with Crippen molar-refractivity contribution in [1.29, 1.82) is 0 Å². The van der Waals surface area contributed by atoms with Crippen LogP contribution in [0.5, 0.6) is 0 Å². The molecule has 2 fully saturated rings. The summed E-state index contributed by atoms with van der Waals surface area (Å²) in [6.45, 7) is 1.37. The molecular weight excluding hydrogens is 269 g/mol. The number of alkyl halides is 3. The minimum Gasteiger partial charge on any atom is -0.371 e. The Morgan fingerprint density at radius 2 is 1.85 bits per heavy atom. The van der Waals surface area contributed by atoms with Crippen molar-refractivity contribution in [3.63, 3.8) is 0 Å². The van der Waals surface area contributed by atoms with Crippen molar-refractivity contribution >= 4 is 5.69 Å². The Kier molecular flexibility index (Phi) is 3.38. The summed E-state index contributed by atoms with van der Waals surface area (Å²) in [7, 11) is 0. The fourth-order valence-electron chi connectivity index (χ4n) is 3.05. The fourth-order valence-corrected chi connectivity index (χ4v) is 3.05. The van der Waals surface area contributed by atoms with E-state index in [1.165, 1.54) is 6.07 Å². The number of hydrogen-bond acceptors (Lipinski definition) is 3. The van der Waals surface area contributed by atoms with Gasteiger partial charge in [0.15, 0.2) is 0 Å². The number of halogens is 3. The molecule has 0 spiro atoms. The Labute approximate surface area is 115 Å². The summed E-state index contributed by atoms with van der Waals surface area (Å²) in [5.41, 5.74) is 5.78. The number of ether oxygens (including phenoxy) is 1. The number of fused-ring (bicyclic) bond motifs is 2. The van der Waals surface area contributed by atoms with Gasteiger partial charge in [-0.15, -0.1) is 0 Å². The van der Waals surface area contributed by atoms with Crippen LogP contribution in [0.25, 0.3) is 0 Å². The highest BCUT2D eigenvalue weighted by molar-refractivity contribution is 5.52. The molecule has 0 saturated carbocycles. The summed E-state index contributed by atoms with van der Waals surface area (Å²) in [6, 6.07) is 4.23. The van der Waals surface area contributed by atoms with Crippen LogP contribution >= 0.6 is 0 Å². The quantitative estimate of drug-likeness (QED) is 0.908. The molecule has 0 amide bonds. The molecule has 2 unspecified atom stereocenters. The fraction of sp³-hybridized carbons (Fsp3) is 0.571. The van der Waals surface area contributed by atoms with E-state index in [0.717, 1.165) is 37.7 Å². The monoisotopic (exact) mass is 286 g/mol. The van der Waals surface area contributed by atoms with Gasteiger partial charge in [-0.2, -0.15) is 13.2 Å². The van der Waals surface area contributed by atoms with Gasteiger partial charge in [0.2, 0.25) is 0 Å². The number of anilines is 1. The SMILES string of the molecule is NCc1cc(N2CC3CCC(C2)O3)ccc1C(F)(F)F. The number of rotatable bonds is 2. The largest absolute Gasteiger partial charge is 0.416 e. The van der Waals surface area contributed by atoms with Crippen LogP contribution in [0.3, 0.4) is 0 Å². The first-order chi connectivity index (χ1) is 9.47. The molecule has 2 atom stereocenters. The maximum atomic E-state index is 12.9. The van der Waals surface area contributed by atoms with E-state index in [4.69, 9.17) is 10.5 Å². The topological polar surface area (TPSA) is 38.5 Å². The van der Waals surface area contributed by atoms with E-state index in [9.17, 15) is 13.2 Å². The van der Waals surface area contributed by atoms with Crippen LogP contribution in [0, 0.1) is 0 Å². The first-order valence-electron chi connectivity index (χ1n) is 6.78. The standard InChI is InChI=1S/C14H17F3N2O/c15-14(16,17)13-4-1-10(5-9(13)6-18)19-7-11-2-3-12(8-19)20-11/h1,4-5,11-12H,2-3,6-8,18H2. The molecule has 110 valence electrons. The molecule has 2 N–H and O–H groups in total. The van der Waals surface area contributed by atoms with Gasteiger partial charge >= 0.3 is 6.18 Å². The van der Waals surface area contributed by atoms with E-state index in [0.29, 0.717) is 0 Å². The molecule has 3 rings (SSSR count). The molecule has 0 aliphatic carbocycles. The molecule has 0 aromatic heterocycles. The first-order valence-corrected chi connectivity index (χ1v) is 6.78. The van der Waals surface area contributed by atoms with Gasteiger partial charge in [-0.1, -0.05) is 0 Å². The summed E-state index contributed by atoms with van der Waals surface area (Å²) >= 11 is 0. The lowest BCUT2D eigenvalue weighted by molar-refractivity contribution is -0.138. The van der Waals surface area contributed by atoms with E-state index in [-0.39, 0.29) is 24.3 Å². The van der Waals surface area contributed by atoms with Crippen molar-refractivity contribution in [3.05, 3.63) is 29.3 Å². The van der Waals surface area contributed by atoms with Gasteiger partial charge in [0, 0.05) is 25.3 Å². The van der Waals surface area contributed by atoms with Crippen molar-refractivity contribution in [2.75, 3.05) is 18.0 Å². The van der Waals surface area contributed by atoms with Gasteiger partial charge in [0.25, 0.3) is 0 Å². The Bertz CT molecular complexity index is 492. The minimum atomic E-state index is -4.35. The first kappa shape index (κ1) is 13.7. The van der Waals surface area contributed by atoms with Crippen molar-refractivity contribution in [3.8, 4) is 0 Å². The van der Waals surface area contributed by atoms with Gasteiger partial charge in [0.1, 0.15) is 0 Å². The number of morpholine rings is 1. The van der Waals surface area contributed by atoms with E-state index in [1.54, 1.807) is 6.07 Å². The van der Waals surface area contributed by atoms with Gasteiger partial charge in [0.05, 0.1) is 17.8 Å². The zero-order valence-electron chi connectivity index (χ0n) is 11.0. The van der Waals surface area contributed by atoms with Gasteiger partial charge in [-0.25, -0.2) is 0 Å². The summed E-state index contributed by atoms with van der Waals surface area (Å²) in [4.78, 5) is 2.10. The van der Waals surface area contributed by atoms with Crippen molar-refractivity contribution < 1.29 is 17.9 Å². The highest BCUT2D eigenvalue weighted by atomic mass is 19.4. The molecule has 1 aromatic rings. The lowest BCUT2D eigenvalue weighted by atomic mass is 10.1. The second-order valence-corrected chi connectivity index (χ2v) is 5.41. The third-order valence-corrected chi connectivity index (χ3v) is 4.02. The van der Waals surface area contributed by atoms with Crippen LogP contribution in [-0.4, -0.2) is 25.3 Å². The molecule has 2 heterocycles. The molecule has 2 bridgehead atoms. The zero-order chi connectivity index (χ0) is 14.3. The normalized spacial score (nSPS) is 26.1.